The van der Waals surface area contributed by atoms with Crippen LogP contribution in [0.25, 0.3) is 0 Å². The molecule has 0 radical (unpaired) electrons. The Hall–Kier alpha value is -0.580. The highest BCUT2D eigenvalue weighted by atomic mass is 35.5. The van der Waals surface area contributed by atoms with Gasteiger partial charge in [0.15, 0.2) is 0 Å². The van der Waals surface area contributed by atoms with Crippen LogP contribution in [-0.2, 0) is 4.74 Å². The Kier molecular flexibility index (Phi) is 4.07. The predicted molar refractivity (Wildman–Crippen MR) is 68.1 cm³/mol. The molecule has 1 aliphatic rings. The number of ether oxygens (including phenoxy) is 1. The van der Waals surface area contributed by atoms with Gasteiger partial charge in [0, 0.05) is 19.3 Å². The standard InChI is InChI=1S/C12H20ClN3O/c1-8(2)16-12(10(13)7-15-16)11(14)9-3-5-17-6-4-9/h7-9,11H,3-6,14H2,1-2H3. The van der Waals surface area contributed by atoms with Gasteiger partial charge in [-0.15, -0.1) is 0 Å². The molecule has 1 saturated heterocycles. The molecule has 0 bridgehead atoms. The summed E-state index contributed by atoms with van der Waals surface area (Å²) in [6, 6.07) is 0.236. The summed E-state index contributed by atoms with van der Waals surface area (Å²) < 4.78 is 7.30. The first-order valence-electron chi connectivity index (χ1n) is 6.17. The molecule has 17 heavy (non-hydrogen) atoms. The van der Waals surface area contributed by atoms with Gasteiger partial charge in [-0.25, -0.2) is 0 Å². The van der Waals surface area contributed by atoms with Crippen molar-refractivity contribution in [2.75, 3.05) is 13.2 Å². The fourth-order valence-corrected chi connectivity index (χ4v) is 2.63. The molecule has 5 heteroatoms. The minimum Gasteiger partial charge on any atom is -0.381 e. The van der Waals surface area contributed by atoms with Crippen LogP contribution >= 0.6 is 11.6 Å². The second kappa shape index (κ2) is 5.38. The molecule has 96 valence electrons. The zero-order chi connectivity index (χ0) is 12.4. The van der Waals surface area contributed by atoms with E-state index in [1.165, 1.54) is 0 Å². The quantitative estimate of drug-likeness (QED) is 0.905. The number of hydrogen-bond donors (Lipinski definition) is 1. The lowest BCUT2D eigenvalue weighted by atomic mass is 9.90. The van der Waals surface area contributed by atoms with Crippen molar-refractivity contribution in [3.63, 3.8) is 0 Å². The lowest BCUT2D eigenvalue weighted by molar-refractivity contribution is 0.0573. The summed E-state index contributed by atoms with van der Waals surface area (Å²) in [6.45, 7) is 5.77. The Balaban J connectivity index is 2.22. The molecule has 0 aliphatic carbocycles. The molecule has 1 unspecified atom stereocenters. The first-order chi connectivity index (χ1) is 8.11. The number of nitrogens with zero attached hydrogens (tertiary/aromatic N) is 2. The van der Waals surface area contributed by atoms with Crippen LogP contribution in [0.5, 0.6) is 0 Å². The van der Waals surface area contributed by atoms with Crippen LogP contribution in [0, 0.1) is 5.92 Å². The minimum absolute atomic E-state index is 0.0451. The molecule has 1 aliphatic heterocycles. The fraction of sp³-hybridized carbons (Fsp3) is 0.750. The predicted octanol–water partition coefficient (Wildman–Crippen LogP) is 2.54. The van der Waals surface area contributed by atoms with Crippen molar-refractivity contribution in [1.29, 1.82) is 0 Å². The van der Waals surface area contributed by atoms with Crippen molar-refractivity contribution in [1.82, 2.24) is 9.78 Å². The van der Waals surface area contributed by atoms with E-state index in [9.17, 15) is 0 Å². The maximum Gasteiger partial charge on any atom is 0.0834 e. The Labute approximate surface area is 107 Å². The number of hydrogen-bond acceptors (Lipinski definition) is 3. The van der Waals surface area contributed by atoms with Gasteiger partial charge in [-0.05, 0) is 32.6 Å². The van der Waals surface area contributed by atoms with Gasteiger partial charge in [-0.1, -0.05) is 11.6 Å². The molecule has 0 spiro atoms. The fourth-order valence-electron chi connectivity index (χ4n) is 2.37. The third kappa shape index (κ3) is 2.64. The van der Waals surface area contributed by atoms with Crippen molar-refractivity contribution in [3.8, 4) is 0 Å². The molecule has 1 fully saturated rings. The van der Waals surface area contributed by atoms with E-state index in [2.05, 4.69) is 18.9 Å². The third-order valence-electron chi connectivity index (χ3n) is 3.37. The number of rotatable bonds is 3. The highest BCUT2D eigenvalue weighted by molar-refractivity contribution is 6.31. The summed E-state index contributed by atoms with van der Waals surface area (Å²) >= 11 is 6.21. The highest BCUT2D eigenvalue weighted by Crippen LogP contribution is 2.33. The molecule has 2 rings (SSSR count). The lowest BCUT2D eigenvalue weighted by Crippen LogP contribution is -2.30. The van der Waals surface area contributed by atoms with Crippen LogP contribution in [0.3, 0.4) is 0 Å². The van der Waals surface area contributed by atoms with Crippen LogP contribution in [0.4, 0.5) is 0 Å². The van der Waals surface area contributed by atoms with Gasteiger partial charge in [0.1, 0.15) is 0 Å². The maximum atomic E-state index is 6.35. The van der Waals surface area contributed by atoms with E-state index in [1.807, 2.05) is 4.68 Å². The van der Waals surface area contributed by atoms with E-state index in [-0.39, 0.29) is 12.1 Å². The van der Waals surface area contributed by atoms with Crippen LogP contribution in [-0.4, -0.2) is 23.0 Å². The normalized spacial score (nSPS) is 19.8. The van der Waals surface area contributed by atoms with Gasteiger partial charge < -0.3 is 10.5 Å². The molecular weight excluding hydrogens is 238 g/mol. The number of aromatic nitrogens is 2. The molecule has 2 heterocycles. The monoisotopic (exact) mass is 257 g/mol. The molecule has 0 aromatic carbocycles. The van der Waals surface area contributed by atoms with E-state index in [0.717, 1.165) is 31.7 Å². The van der Waals surface area contributed by atoms with Crippen LogP contribution < -0.4 is 5.73 Å². The van der Waals surface area contributed by atoms with Gasteiger partial charge in [0.05, 0.1) is 23.0 Å². The average molecular weight is 258 g/mol. The van der Waals surface area contributed by atoms with Crippen LogP contribution in [0.1, 0.15) is 44.5 Å². The zero-order valence-electron chi connectivity index (χ0n) is 10.4. The Morgan fingerprint density at radius 2 is 2.12 bits per heavy atom. The van der Waals surface area contributed by atoms with Gasteiger partial charge in [0.25, 0.3) is 0 Å². The average Bonchev–Trinajstić information content (AvgIpc) is 2.71. The Morgan fingerprint density at radius 1 is 1.47 bits per heavy atom. The summed E-state index contributed by atoms with van der Waals surface area (Å²) in [7, 11) is 0. The van der Waals surface area contributed by atoms with Crippen LogP contribution in [0.2, 0.25) is 5.02 Å². The summed E-state index contributed by atoms with van der Waals surface area (Å²) in [5, 5.41) is 4.98. The van der Waals surface area contributed by atoms with Crippen molar-refractivity contribution < 1.29 is 4.74 Å². The second-order valence-electron chi connectivity index (χ2n) is 4.89. The molecule has 0 saturated carbocycles. The lowest BCUT2D eigenvalue weighted by Gasteiger charge is -2.28. The van der Waals surface area contributed by atoms with Crippen molar-refractivity contribution in [2.24, 2.45) is 11.7 Å². The number of halogens is 1. The van der Waals surface area contributed by atoms with Gasteiger partial charge in [-0.2, -0.15) is 5.10 Å². The maximum absolute atomic E-state index is 6.35. The largest absolute Gasteiger partial charge is 0.381 e. The molecule has 1 atom stereocenters. The van der Waals surface area contributed by atoms with Gasteiger partial charge in [0.2, 0.25) is 0 Å². The highest BCUT2D eigenvalue weighted by Gasteiger charge is 2.27. The summed E-state index contributed by atoms with van der Waals surface area (Å²) in [4.78, 5) is 0. The zero-order valence-corrected chi connectivity index (χ0v) is 11.2. The minimum atomic E-state index is -0.0451. The van der Waals surface area contributed by atoms with E-state index >= 15 is 0 Å². The Bertz CT molecular complexity index is 372. The third-order valence-corrected chi connectivity index (χ3v) is 3.66. The molecular formula is C12H20ClN3O. The van der Waals surface area contributed by atoms with Gasteiger partial charge in [-0.3, -0.25) is 4.68 Å². The van der Waals surface area contributed by atoms with E-state index < -0.39 is 0 Å². The SMILES string of the molecule is CC(C)n1ncc(Cl)c1C(N)C1CCOCC1. The second-order valence-corrected chi connectivity index (χ2v) is 5.30. The molecule has 2 N–H and O–H groups in total. The number of nitrogens with two attached hydrogens (primary N) is 1. The first kappa shape index (κ1) is 12.9. The topological polar surface area (TPSA) is 53.1 Å². The van der Waals surface area contributed by atoms with Crippen molar-refractivity contribution >= 4 is 11.6 Å². The van der Waals surface area contributed by atoms with Gasteiger partial charge >= 0.3 is 0 Å². The smallest absolute Gasteiger partial charge is 0.0834 e. The first-order valence-corrected chi connectivity index (χ1v) is 6.55. The molecule has 4 nitrogen and oxygen atoms in total. The van der Waals surface area contributed by atoms with E-state index in [1.54, 1.807) is 6.20 Å². The van der Waals surface area contributed by atoms with Crippen molar-refractivity contribution in [2.45, 2.75) is 38.8 Å². The molecule has 1 aromatic rings. The van der Waals surface area contributed by atoms with E-state index in [0.29, 0.717) is 10.9 Å². The summed E-state index contributed by atoms with van der Waals surface area (Å²) in [6.07, 6.45) is 3.69. The van der Waals surface area contributed by atoms with Crippen LogP contribution in [0.15, 0.2) is 6.20 Å². The molecule has 1 aromatic heterocycles. The molecule has 0 amide bonds. The summed E-state index contributed by atoms with van der Waals surface area (Å²) in [5.41, 5.74) is 7.32. The Morgan fingerprint density at radius 3 is 2.71 bits per heavy atom. The van der Waals surface area contributed by atoms with E-state index in [4.69, 9.17) is 22.1 Å². The van der Waals surface area contributed by atoms with Crippen molar-refractivity contribution in [3.05, 3.63) is 16.9 Å². The summed E-state index contributed by atoms with van der Waals surface area (Å²) in [5.74, 6) is 0.440.